The molecule has 22 heavy (non-hydrogen) atoms. The Morgan fingerprint density at radius 3 is 2.09 bits per heavy atom. The number of rotatable bonds is 13. The van der Waals surface area contributed by atoms with Crippen molar-refractivity contribution in [2.24, 2.45) is 10.8 Å². The van der Waals surface area contributed by atoms with E-state index in [2.05, 4.69) is 0 Å². The van der Waals surface area contributed by atoms with Crippen LogP contribution in [0.5, 0.6) is 0 Å². The van der Waals surface area contributed by atoms with Gasteiger partial charge in [-0.05, 0) is 52.4 Å². The topological polar surface area (TPSA) is 83.8 Å². The number of unbranched alkanes of at least 4 members (excludes halogenated alkanes) is 3. The van der Waals surface area contributed by atoms with Crippen LogP contribution in [-0.4, -0.2) is 35.4 Å². The van der Waals surface area contributed by atoms with Gasteiger partial charge in [-0.25, -0.2) is 0 Å². The molecule has 0 heterocycles. The lowest BCUT2D eigenvalue weighted by molar-refractivity contribution is -0.147. The first-order valence-corrected chi connectivity index (χ1v) is 8.35. The fourth-order valence-electron chi connectivity index (χ4n) is 2.55. The first kappa shape index (κ1) is 18.9. The summed E-state index contributed by atoms with van der Waals surface area (Å²) in [6.07, 6.45) is 7.84. The Morgan fingerprint density at radius 1 is 1.00 bits per heavy atom. The fraction of sp³-hybridized carbons (Fsp3) is 0.882. The Morgan fingerprint density at radius 2 is 1.59 bits per heavy atom. The van der Waals surface area contributed by atoms with E-state index in [1.807, 2.05) is 0 Å². The van der Waals surface area contributed by atoms with Gasteiger partial charge in [-0.3, -0.25) is 9.59 Å². The van der Waals surface area contributed by atoms with Crippen LogP contribution < -0.4 is 0 Å². The highest BCUT2D eigenvalue weighted by atomic mass is 16.5. The van der Waals surface area contributed by atoms with E-state index < -0.39 is 22.8 Å². The van der Waals surface area contributed by atoms with Crippen molar-refractivity contribution in [2.45, 2.75) is 71.6 Å². The minimum atomic E-state index is -0.747. The second-order valence-corrected chi connectivity index (χ2v) is 7.15. The predicted molar refractivity (Wildman–Crippen MR) is 83.9 cm³/mol. The zero-order valence-electron chi connectivity index (χ0n) is 13.9. The predicted octanol–water partition coefficient (Wildman–Crippen LogP) is 3.71. The van der Waals surface area contributed by atoms with Crippen molar-refractivity contribution in [2.75, 3.05) is 13.2 Å². The van der Waals surface area contributed by atoms with E-state index in [0.29, 0.717) is 19.6 Å². The molecule has 0 unspecified atom stereocenters. The second kappa shape index (κ2) is 8.51. The minimum Gasteiger partial charge on any atom is -0.481 e. The molecule has 0 aromatic rings. The van der Waals surface area contributed by atoms with Crippen molar-refractivity contribution >= 4 is 11.9 Å². The number of carbonyl (C=O) groups is 2. The number of ether oxygens (including phenoxy) is 1. The molecule has 0 atom stereocenters. The largest absolute Gasteiger partial charge is 0.481 e. The molecule has 1 aliphatic rings. The van der Waals surface area contributed by atoms with Crippen LogP contribution in [0.2, 0.25) is 0 Å². The molecule has 1 rings (SSSR count). The summed E-state index contributed by atoms with van der Waals surface area (Å²) in [5.41, 5.74) is -1.04. The van der Waals surface area contributed by atoms with Gasteiger partial charge in [0, 0.05) is 13.2 Å². The van der Waals surface area contributed by atoms with Gasteiger partial charge >= 0.3 is 11.9 Å². The number of hydrogen-bond donors (Lipinski definition) is 2. The molecule has 0 bridgehead atoms. The Kier molecular flexibility index (Phi) is 7.33. The zero-order chi connectivity index (χ0) is 16.6. The lowest BCUT2D eigenvalue weighted by atomic mass is 9.87. The van der Waals surface area contributed by atoms with E-state index in [1.165, 1.54) is 0 Å². The molecule has 5 nitrogen and oxygen atoms in total. The van der Waals surface area contributed by atoms with Crippen LogP contribution in [0.25, 0.3) is 0 Å². The van der Waals surface area contributed by atoms with E-state index in [1.54, 1.807) is 13.8 Å². The summed E-state index contributed by atoms with van der Waals surface area (Å²) in [6, 6.07) is 0. The normalized spacial score (nSPS) is 16.5. The third-order valence-electron chi connectivity index (χ3n) is 4.67. The van der Waals surface area contributed by atoms with Crippen LogP contribution in [0, 0.1) is 10.8 Å². The molecule has 0 aromatic carbocycles. The molecular formula is C17H30O5. The molecule has 0 amide bonds. The molecule has 0 aromatic heterocycles. The third kappa shape index (κ3) is 6.34. The first-order chi connectivity index (χ1) is 10.3. The maximum Gasteiger partial charge on any atom is 0.309 e. The molecule has 1 aliphatic carbocycles. The Bertz CT molecular complexity index is 347. The van der Waals surface area contributed by atoms with Crippen LogP contribution in [-0.2, 0) is 14.3 Å². The summed E-state index contributed by atoms with van der Waals surface area (Å²) >= 11 is 0. The number of hydrogen-bond acceptors (Lipinski definition) is 3. The second-order valence-electron chi connectivity index (χ2n) is 7.15. The van der Waals surface area contributed by atoms with E-state index in [4.69, 9.17) is 14.9 Å². The molecule has 1 saturated carbocycles. The van der Waals surface area contributed by atoms with Crippen molar-refractivity contribution in [3.63, 3.8) is 0 Å². The summed E-state index contributed by atoms with van der Waals surface area (Å²) in [7, 11) is 0. The number of carboxylic acids is 2. The Hall–Kier alpha value is -1.10. The highest BCUT2D eigenvalue weighted by molar-refractivity contribution is 5.77. The molecule has 128 valence electrons. The molecule has 0 saturated heterocycles. The van der Waals surface area contributed by atoms with Gasteiger partial charge in [-0.15, -0.1) is 0 Å². The average molecular weight is 314 g/mol. The standard InChI is InChI=1S/C17H30O5/c1-16(2,14(18)19)8-5-7-13-22-12-6-3-4-9-17(10-11-17)15(20)21/h3-13H2,1-2H3,(H,18,19)(H,20,21). The summed E-state index contributed by atoms with van der Waals surface area (Å²) in [4.78, 5) is 21.9. The van der Waals surface area contributed by atoms with Gasteiger partial charge in [0.2, 0.25) is 0 Å². The van der Waals surface area contributed by atoms with Crippen LogP contribution in [0.15, 0.2) is 0 Å². The van der Waals surface area contributed by atoms with E-state index in [9.17, 15) is 9.59 Å². The van der Waals surface area contributed by atoms with E-state index in [0.717, 1.165) is 51.4 Å². The number of aliphatic carboxylic acids is 2. The van der Waals surface area contributed by atoms with Gasteiger partial charge in [0.1, 0.15) is 0 Å². The molecule has 1 fully saturated rings. The van der Waals surface area contributed by atoms with E-state index in [-0.39, 0.29) is 0 Å². The third-order valence-corrected chi connectivity index (χ3v) is 4.67. The van der Waals surface area contributed by atoms with Crippen LogP contribution in [0.3, 0.4) is 0 Å². The molecule has 0 spiro atoms. The summed E-state index contributed by atoms with van der Waals surface area (Å²) in [6.45, 7) is 4.89. The van der Waals surface area contributed by atoms with Crippen molar-refractivity contribution in [1.82, 2.24) is 0 Å². The van der Waals surface area contributed by atoms with Crippen LogP contribution >= 0.6 is 0 Å². The maximum atomic E-state index is 11.0. The van der Waals surface area contributed by atoms with E-state index >= 15 is 0 Å². The summed E-state index contributed by atoms with van der Waals surface area (Å²) in [5.74, 6) is -1.38. The monoisotopic (exact) mass is 314 g/mol. The van der Waals surface area contributed by atoms with Crippen molar-refractivity contribution in [3.8, 4) is 0 Å². The highest BCUT2D eigenvalue weighted by Gasteiger charge is 2.49. The summed E-state index contributed by atoms with van der Waals surface area (Å²) < 4.78 is 5.54. The summed E-state index contributed by atoms with van der Waals surface area (Å²) in [5, 5.41) is 18.0. The smallest absolute Gasteiger partial charge is 0.309 e. The number of carboxylic acid groups (broad SMARTS) is 2. The highest BCUT2D eigenvalue weighted by Crippen LogP contribution is 2.50. The fourth-order valence-corrected chi connectivity index (χ4v) is 2.55. The van der Waals surface area contributed by atoms with Gasteiger partial charge in [0.25, 0.3) is 0 Å². The van der Waals surface area contributed by atoms with Crippen LogP contribution in [0.1, 0.15) is 71.6 Å². The van der Waals surface area contributed by atoms with Crippen molar-refractivity contribution < 1.29 is 24.5 Å². The molecule has 5 heteroatoms. The van der Waals surface area contributed by atoms with Gasteiger partial charge in [0.15, 0.2) is 0 Å². The molecule has 0 aliphatic heterocycles. The Balaban J connectivity index is 1.88. The quantitative estimate of drug-likeness (QED) is 0.506. The lowest BCUT2D eigenvalue weighted by Crippen LogP contribution is -2.23. The Labute approximate surface area is 133 Å². The van der Waals surface area contributed by atoms with Gasteiger partial charge in [0.05, 0.1) is 10.8 Å². The first-order valence-electron chi connectivity index (χ1n) is 8.35. The van der Waals surface area contributed by atoms with Crippen molar-refractivity contribution in [1.29, 1.82) is 0 Å². The molecule has 2 N–H and O–H groups in total. The molecule has 0 radical (unpaired) electrons. The maximum absolute atomic E-state index is 11.0. The molecular weight excluding hydrogens is 284 g/mol. The van der Waals surface area contributed by atoms with Crippen LogP contribution in [0.4, 0.5) is 0 Å². The zero-order valence-corrected chi connectivity index (χ0v) is 13.9. The van der Waals surface area contributed by atoms with Gasteiger partial charge in [-0.1, -0.05) is 19.3 Å². The average Bonchev–Trinajstić information content (AvgIpc) is 3.22. The lowest BCUT2D eigenvalue weighted by Gasteiger charge is -2.18. The van der Waals surface area contributed by atoms with Gasteiger partial charge < -0.3 is 14.9 Å². The minimum absolute atomic E-state index is 0.391. The SMILES string of the molecule is CC(C)(CCCCOCCCCCC1(C(=O)O)CC1)C(=O)O. The van der Waals surface area contributed by atoms with Crippen molar-refractivity contribution in [3.05, 3.63) is 0 Å². The van der Waals surface area contributed by atoms with Gasteiger partial charge in [-0.2, -0.15) is 0 Å².